The summed E-state index contributed by atoms with van der Waals surface area (Å²) in [6, 6.07) is 12.1. The minimum absolute atomic E-state index is 0.459. The lowest BCUT2D eigenvalue weighted by Gasteiger charge is -2.25. The topological polar surface area (TPSA) is 49.0 Å². The number of para-hydroxylation sites is 1. The van der Waals surface area contributed by atoms with Gasteiger partial charge in [0.2, 0.25) is 0 Å². The van der Waals surface area contributed by atoms with Crippen LogP contribution in [-0.2, 0) is 13.0 Å². The SMILES string of the molecule is COc1cc(OC)c(OC)cc1CNCC1COc2ccccc2C1. The molecule has 0 bridgehead atoms. The van der Waals surface area contributed by atoms with Crippen molar-refractivity contribution in [2.24, 2.45) is 5.92 Å². The zero-order valence-corrected chi connectivity index (χ0v) is 15.0. The molecule has 0 radical (unpaired) electrons. The molecule has 1 heterocycles. The maximum Gasteiger partial charge on any atom is 0.164 e. The molecule has 0 saturated heterocycles. The maximum absolute atomic E-state index is 5.85. The van der Waals surface area contributed by atoms with Crippen LogP contribution in [0.5, 0.6) is 23.0 Å². The quantitative estimate of drug-likeness (QED) is 0.837. The van der Waals surface area contributed by atoms with Crippen molar-refractivity contribution in [3.8, 4) is 23.0 Å². The first-order chi connectivity index (χ1) is 12.2. The third kappa shape index (κ3) is 3.99. The molecule has 1 N–H and O–H groups in total. The zero-order valence-electron chi connectivity index (χ0n) is 15.0. The van der Waals surface area contributed by atoms with Crippen LogP contribution in [0.3, 0.4) is 0 Å². The third-order valence-electron chi connectivity index (χ3n) is 4.49. The first kappa shape index (κ1) is 17.4. The van der Waals surface area contributed by atoms with E-state index in [4.69, 9.17) is 18.9 Å². The van der Waals surface area contributed by atoms with E-state index >= 15 is 0 Å². The van der Waals surface area contributed by atoms with Crippen molar-refractivity contribution in [3.63, 3.8) is 0 Å². The second kappa shape index (κ2) is 8.12. The second-order valence-electron chi connectivity index (χ2n) is 6.14. The molecule has 0 saturated carbocycles. The average Bonchev–Trinajstić information content (AvgIpc) is 2.67. The Balaban J connectivity index is 1.61. The molecular weight excluding hydrogens is 318 g/mol. The van der Waals surface area contributed by atoms with E-state index in [1.807, 2.05) is 24.3 Å². The summed E-state index contributed by atoms with van der Waals surface area (Å²) >= 11 is 0. The van der Waals surface area contributed by atoms with Gasteiger partial charge in [-0.1, -0.05) is 18.2 Å². The highest BCUT2D eigenvalue weighted by Gasteiger charge is 2.19. The summed E-state index contributed by atoms with van der Waals surface area (Å²) in [5, 5.41) is 3.51. The van der Waals surface area contributed by atoms with Gasteiger partial charge >= 0.3 is 0 Å². The second-order valence-corrected chi connectivity index (χ2v) is 6.14. The predicted octanol–water partition coefficient (Wildman–Crippen LogP) is 3.05. The lowest BCUT2D eigenvalue weighted by Crippen LogP contribution is -2.31. The van der Waals surface area contributed by atoms with Crippen molar-refractivity contribution >= 4 is 0 Å². The molecule has 0 aromatic heterocycles. The minimum Gasteiger partial charge on any atom is -0.496 e. The molecule has 3 rings (SSSR count). The number of hydrogen-bond acceptors (Lipinski definition) is 5. The van der Waals surface area contributed by atoms with Crippen LogP contribution in [0, 0.1) is 5.92 Å². The number of benzene rings is 2. The van der Waals surface area contributed by atoms with E-state index in [-0.39, 0.29) is 0 Å². The summed E-state index contributed by atoms with van der Waals surface area (Å²) in [4.78, 5) is 0. The summed E-state index contributed by atoms with van der Waals surface area (Å²) in [6.45, 7) is 2.32. The number of nitrogens with one attached hydrogen (secondary N) is 1. The van der Waals surface area contributed by atoms with Gasteiger partial charge in [-0.2, -0.15) is 0 Å². The summed E-state index contributed by atoms with van der Waals surface area (Å²) in [6.07, 6.45) is 1.03. The largest absolute Gasteiger partial charge is 0.496 e. The Hall–Kier alpha value is -2.40. The monoisotopic (exact) mass is 343 g/mol. The Bertz CT molecular complexity index is 717. The van der Waals surface area contributed by atoms with E-state index in [9.17, 15) is 0 Å². The molecule has 134 valence electrons. The molecule has 2 aromatic carbocycles. The number of rotatable bonds is 7. The van der Waals surface area contributed by atoms with Crippen molar-refractivity contribution in [3.05, 3.63) is 47.5 Å². The van der Waals surface area contributed by atoms with E-state index in [0.29, 0.717) is 24.0 Å². The van der Waals surface area contributed by atoms with Crippen molar-refractivity contribution in [2.75, 3.05) is 34.5 Å². The van der Waals surface area contributed by atoms with Crippen LogP contribution in [0.15, 0.2) is 36.4 Å². The third-order valence-corrected chi connectivity index (χ3v) is 4.49. The van der Waals surface area contributed by atoms with Gasteiger partial charge in [0.05, 0.1) is 27.9 Å². The van der Waals surface area contributed by atoms with E-state index < -0.39 is 0 Å². The zero-order chi connectivity index (χ0) is 17.6. The molecule has 0 fully saturated rings. The number of hydrogen-bond donors (Lipinski definition) is 1. The van der Waals surface area contributed by atoms with Gasteiger partial charge in [0.15, 0.2) is 11.5 Å². The van der Waals surface area contributed by atoms with Gasteiger partial charge in [-0.15, -0.1) is 0 Å². The predicted molar refractivity (Wildman–Crippen MR) is 96.9 cm³/mol. The number of fused-ring (bicyclic) bond motifs is 1. The number of ether oxygens (including phenoxy) is 4. The van der Waals surface area contributed by atoms with Gasteiger partial charge in [-0.3, -0.25) is 0 Å². The highest BCUT2D eigenvalue weighted by Crippen LogP contribution is 2.34. The lowest BCUT2D eigenvalue weighted by molar-refractivity contribution is 0.218. The van der Waals surface area contributed by atoms with Gasteiger partial charge in [0.1, 0.15) is 11.5 Å². The van der Waals surface area contributed by atoms with Crippen LogP contribution in [0.25, 0.3) is 0 Å². The molecule has 2 aromatic rings. The first-order valence-corrected chi connectivity index (χ1v) is 8.45. The smallest absolute Gasteiger partial charge is 0.164 e. The minimum atomic E-state index is 0.459. The molecule has 0 spiro atoms. The van der Waals surface area contributed by atoms with E-state index in [0.717, 1.165) is 36.6 Å². The molecule has 0 amide bonds. The number of methoxy groups -OCH3 is 3. The Labute approximate surface area is 148 Å². The lowest BCUT2D eigenvalue weighted by atomic mass is 9.96. The van der Waals surface area contributed by atoms with Crippen LogP contribution in [-0.4, -0.2) is 34.5 Å². The highest BCUT2D eigenvalue weighted by atomic mass is 16.5. The molecule has 1 unspecified atom stereocenters. The highest BCUT2D eigenvalue weighted by molar-refractivity contribution is 5.50. The van der Waals surface area contributed by atoms with Crippen LogP contribution >= 0.6 is 0 Å². The van der Waals surface area contributed by atoms with Gasteiger partial charge in [-0.25, -0.2) is 0 Å². The van der Waals surface area contributed by atoms with Crippen molar-refractivity contribution in [1.82, 2.24) is 5.32 Å². The van der Waals surface area contributed by atoms with Gasteiger partial charge < -0.3 is 24.3 Å². The summed E-state index contributed by atoms with van der Waals surface area (Å²) in [7, 11) is 4.92. The molecule has 1 aliphatic heterocycles. The van der Waals surface area contributed by atoms with Gasteiger partial charge in [-0.05, 0) is 24.1 Å². The molecule has 1 atom stereocenters. The fourth-order valence-electron chi connectivity index (χ4n) is 3.16. The summed E-state index contributed by atoms with van der Waals surface area (Å²) in [5.41, 5.74) is 2.32. The first-order valence-electron chi connectivity index (χ1n) is 8.45. The average molecular weight is 343 g/mol. The molecule has 0 aliphatic carbocycles. The van der Waals surface area contributed by atoms with Gasteiger partial charge in [0.25, 0.3) is 0 Å². The fraction of sp³-hybridized carbons (Fsp3) is 0.400. The molecule has 5 heteroatoms. The van der Waals surface area contributed by atoms with Crippen LogP contribution in [0.2, 0.25) is 0 Å². The Morgan fingerprint density at radius 3 is 2.48 bits per heavy atom. The Morgan fingerprint density at radius 2 is 1.72 bits per heavy atom. The van der Waals surface area contributed by atoms with Crippen molar-refractivity contribution < 1.29 is 18.9 Å². The normalized spacial score (nSPS) is 15.9. The standard InChI is InChI=1S/C20H25NO4/c1-22-18-10-20(24-3)19(23-2)9-16(18)12-21-11-14-8-15-6-4-5-7-17(15)25-13-14/h4-7,9-10,14,21H,8,11-13H2,1-3H3. The Kier molecular flexibility index (Phi) is 5.66. The molecule has 1 aliphatic rings. The molecule has 5 nitrogen and oxygen atoms in total. The van der Waals surface area contributed by atoms with Gasteiger partial charge in [0, 0.05) is 30.6 Å². The van der Waals surface area contributed by atoms with Crippen LogP contribution < -0.4 is 24.3 Å². The summed E-state index contributed by atoms with van der Waals surface area (Å²) in [5.74, 6) is 3.63. The summed E-state index contributed by atoms with van der Waals surface area (Å²) < 4.78 is 22.0. The van der Waals surface area contributed by atoms with E-state index in [1.165, 1.54) is 5.56 Å². The maximum atomic E-state index is 5.85. The van der Waals surface area contributed by atoms with Crippen LogP contribution in [0.4, 0.5) is 0 Å². The molecular formula is C20H25NO4. The molecule has 25 heavy (non-hydrogen) atoms. The fourth-order valence-corrected chi connectivity index (χ4v) is 3.16. The van der Waals surface area contributed by atoms with Crippen molar-refractivity contribution in [1.29, 1.82) is 0 Å². The van der Waals surface area contributed by atoms with E-state index in [1.54, 1.807) is 21.3 Å². The van der Waals surface area contributed by atoms with Crippen molar-refractivity contribution in [2.45, 2.75) is 13.0 Å². The van der Waals surface area contributed by atoms with Crippen LogP contribution in [0.1, 0.15) is 11.1 Å². The van der Waals surface area contributed by atoms with E-state index in [2.05, 4.69) is 17.4 Å². The Morgan fingerprint density at radius 1 is 1.00 bits per heavy atom.